The van der Waals surface area contributed by atoms with E-state index in [4.69, 9.17) is 10.5 Å². The number of ether oxygens (including phenoxy) is 1. The lowest BCUT2D eigenvalue weighted by atomic mass is 10.1. The molecule has 0 amide bonds. The number of nitrogens with two attached hydrogens (primary N) is 1. The van der Waals surface area contributed by atoms with Crippen LogP contribution in [0, 0.1) is 0 Å². The average Bonchev–Trinajstić information content (AvgIpc) is 2.23. The quantitative estimate of drug-likeness (QED) is 0.768. The summed E-state index contributed by atoms with van der Waals surface area (Å²) in [5, 5.41) is 3.13. The Morgan fingerprint density at radius 2 is 2.12 bits per heavy atom. The van der Waals surface area contributed by atoms with Gasteiger partial charge in [0.15, 0.2) is 0 Å². The van der Waals surface area contributed by atoms with Crippen LogP contribution in [-0.2, 0) is 6.42 Å². The minimum Gasteiger partial charge on any atom is -0.492 e. The summed E-state index contributed by atoms with van der Waals surface area (Å²) in [5.41, 5.74) is 6.86. The lowest BCUT2D eigenvalue weighted by Gasteiger charge is -2.19. The van der Waals surface area contributed by atoms with E-state index in [1.165, 1.54) is 5.56 Å². The third kappa shape index (κ3) is 5.14. The number of hydrogen-bond donors (Lipinski definition) is 2. The molecule has 1 rings (SSSR count). The van der Waals surface area contributed by atoms with E-state index >= 15 is 0 Å². The van der Waals surface area contributed by atoms with E-state index in [9.17, 15) is 0 Å². The molecule has 0 aromatic heterocycles. The van der Waals surface area contributed by atoms with Crippen molar-refractivity contribution in [1.29, 1.82) is 0 Å². The molecule has 3 N–H and O–H groups in total. The molecule has 0 unspecified atom stereocenters. The molecular formula is C13H22N2O. The summed E-state index contributed by atoms with van der Waals surface area (Å²) >= 11 is 0. The first-order valence-corrected chi connectivity index (χ1v) is 5.66. The van der Waals surface area contributed by atoms with Crippen LogP contribution in [-0.4, -0.2) is 25.7 Å². The first-order valence-electron chi connectivity index (χ1n) is 5.66. The first-order chi connectivity index (χ1) is 7.51. The predicted molar refractivity (Wildman–Crippen MR) is 67.8 cm³/mol. The van der Waals surface area contributed by atoms with Crippen LogP contribution in [0.3, 0.4) is 0 Å². The molecule has 0 aliphatic carbocycles. The normalized spacial score (nSPS) is 11.5. The fraction of sp³-hybridized carbons (Fsp3) is 0.538. The van der Waals surface area contributed by atoms with Crippen LogP contribution in [0.2, 0.25) is 0 Å². The van der Waals surface area contributed by atoms with Crippen LogP contribution in [0.15, 0.2) is 24.3 Å². The van der Waals surface area contributed by atoms with Gasteiger partial charge in [0.25, 0.3) is 0 Å². The van der Waals surface area contributed by atoms with Crippen molar-refractivity contribution in [2.75, 3.05) is 20.2 Å². The molecule has 0 aliphatic heterocycles. The predicted octanol–water partition coefficient (Wildman–Crippen LogP) is 1.56. The van der Waals surface area contributed by atoms with Gasteiger partial charge in [-0.3, -0.25) is 0 Å². The highest BCUT2D eigenvalue weighted by atomic mass is 16.5. The highest BCUT2D eigenvalue weighted by Gasteiger charge is 2.11. The molecule has 3 nitrogen and oxygen atoms in total. The van der Waals surface area contributed by atoms with Gasteiger partial charge in [-0.15, -0.1) is 0 Å². The molecule has 0 saturated heterocycles. The summed E-state index contributed by atoms with van der Waals surface area (Å²) in [5.74, 6) is 0.895. The molecule has 16 heavy (non-hydrogen) atoms. The fourth-order valence-corrected chi connectivity index (χ4v) is 1.33. The molecule has 0 spiro atoms. The van der Waals surface area contributed by atoms with Gasteiger partial charge in [0, 0.05) is 5.54 Å². The fourth-order valence-electron chi connectivity index (χ4n) is 1.33. The van der Waals surface area contributed by atoms with Crippen molar-refractivity contribution >= 4 is 0 Å². The van der Waals surface area contributed by atoms with Gasteiger partial charge in [0.05, 0.1) is 0 Å². The van der Waals surface area contributed by atoms with E-state index in [1.54, 1.807) is 0 Å². The van der Waals surface area contributed by atoms with Gasteiger partial charge < -0.3 is 15.8 Å². The molecule has 0 fully saturated rings. The standard InChI is InChI=1S/C13H22N2O/c1-13(2,14)10-16-12-6-4-5-11(9-12)7-8-15-3/h4-6,9,15H,7-8,10,14H2,1-3H3. The van der Waals surface area contributed by atoms with Crippen molar-refractivity contribution < 1.29 is 4.74 Å². The monoisotopic (exact) mass is 222 g/mol. The minimum absolute atomic E-state index is 0.291. The minimum atomic E-state index is -0.291. The van der Waals surface area contributed by atoms with Crippen LogP contribution >= 0.6 is 0 Å². The number of rotatable bonds is 6. The Kier molecular flexibility index (Phi) is 4.77. The highest BCUT2D eigenvalue weighted by Crippen LogP contribution is 2.14. The summed E-state index contributed by atoms with van der Waals surface area (Å²) in [6.07, 6.45) is 1.01. The Balaban J connectivity index is 2.53. The maximum Gasteiger partial charge on any atom is 0.119 e. The highest BCUT2D eigenvalue weighted by molar-refractivity contribution is 5.28. The summed E-state index contributed by atoms with van der Waals surface area (Å²) in [4.78, 5) is 0. The van der Waals surface area contributed by atoms with Gasteiger partial charge in [-0.2, -0.15) is 0 Å². The smallest absolute Gasteiger partial charge is 0.119 e. The Morgan fingerprint density at radius 1 is 1.38 bits per heavy atom. The van der Waals surface area contributed by atoms with Gasteiger partial charge in [0.1, 0.15) is 12.4 Å². The summed E-state index contributed by atoms with van der Waals surface area (Å²) in [6.45, 7) is 5.42. The topological polar surface area (TPSA) is 47.3 Å². The van der Waals surface area contributed by atoms with Crippen molar-refractivity contribution in [3.05, 3.63) is 29.8 Å². The molecule has 0 aliphatic rings. The number of hydrogen-bond acceptors (Lipinski definition) is 3. The third-order valence-electron chi connectivity index (χ3n) is 2.17. The number of nitrogens with one attached hydrogen (secondary N) is 1. The summed E-state index contributed by atoms with van der Waals surface area (Å²) < 4.78 is 5.65. The molecule has 0 bridgehead atoms. The maximum atomic E-state index is 5.87. The van der Waals surface area contributed by atoms with E-state index in [2.05, 4.69) is 17.4 Å². The zero-order valence-corrected chi connectivity index (χ0v) is 10.4. The van der Waals surface area contributed by atoms with Crippen molar-refractivity contribution in [2.45, 2.75) is 25.8 Å². The molecule has 0 atom stereocenters. The van der Waals surface area contributed by atoms with E-state index in [0.717, 1.165) is 18.7 Å². The van der Waals surface area contributed by atoms with Crippen LogP contribution in [0.5, 0.6) is 5.75 Å². The third-order valence-corrected chi connectivity index (χ3v) is 2.17. The molecule has 1 aromatic rings. The van der Waals surface area contributed by atoms with Gasteiger partial charge in [-0.05, 0) is 51.6 Å². The lowest BCUT2D eigenvalue weighted by molar-refractivity contribution is 0.243. The van der Waals surface area contributed by atoms with Gasteiger partial charge in [-0.25, -0.2) is 0 Å². The zero-order chi connectivity index (χ0) is 12.0. The Labute approximate surface area is 98.0 Å². The molecule has 0 saturated carbocycles. The van der Waals surface area contributed by atoms with Gasteiger partial charge in [0.2, 0.25) is 0 Å². The Bertz CT molecular complexity index is 318. The van der Waals surface area contributed by atoms with Crippen molar-refractivity contribution in [3.63, 3.8) is 0 Å². The van der Waals surface area contributed by atoms with Crippen LogP contribution < -0.4 is 15.8 Å². The molecule has 0 radical (unpaired) electrons. The number of likely N-dealkylation sites (N-methyl/N-ethyl adjacent to an activating group) is 1. The van der Waals surface area contributed by atoms with Crippen molar-refractivity contribution in [3.8, 4) is 5.75 Å². The van der Waals surface area contributed by atoms with Crippen molar-refractivity contribution in [2.24, 2.45) is 5.73 Å². The number of benzene rings is 1. The SMILES string of the molecule is CNCCc1cccc(OCC(C)(C)N)c1. The molecule has 0 heterocycles. The molecular weight excluding hydrogens is 200 g/mol. The molecule has 1 aromatic carbocycles. The Morgan fingerprint density at radius 3 is 2.75 bits per heavy atom. The van der Waals surface area contributed by atoms with Gasteiger partial charge >= 0.3 is 0 Å². The van der Waals surface area contributed by atoms with Crippen molar-refractivity contribution in [1.82, 2.24) is 5.32 Å². The molecule has 90 valence electrons. The molecule has 3 heteroatoms. The van der Waals surface area contributed by atoms with E-state index < -0.39 is 0 Å². The first kappa shape index (κ1) is 13.0. The second-order valence-electron chi connectivity index (χ2n) is 4.78. The maximum absolute atomic E-state index is 5.87. The van der Waals surface area contributed by atoms with Crippen LogP contribution in [0.4, 0.5) is 0 Å². The average molecular weight is 222 g/mol. The lowest BCUT2D eigenvalue weighted by Crippen LogP contribution is -2.38. The van der Waals surface area contributed by atoms with E-state index in [1.807, 2.05) is 33.0 Å². The van der Waals surface area contributed by atoms with Crippen LogP contribution in [0.1, 0.15) is 19.4 Å². The largest absolute Gasteiger partial charge is 0.492 e. The second-order valence-corrected chi connectivity index (χ2v) is 4.78. The van der Waals surface area contributed by atoms with E-state index in [0.29, 0.717) is 6.61 Å². The summed E-state index contributed by atoms with van der Waals surface area (Å²) in [6, 6.07) is 8.17. The summed E-state index contributed by atoms with van der Waals surface area (Å²) in [7, 11) is 1.96. The Hall–Kier alpha value is -1.06. The van der Waals surface area contributed by atoms with Gasteiger partial charge in [-0.1, -0.05) is 12.1 Å². The zero-order valence-electron chi connectivity index (χ0n) is 10.4. The van der Waals surface area contributed by atoms with Crippen LogP contribution in [0.25, 0.3) is 0 Å². The van der Waals surface area contributed by atoms with E-state index in [-0.39, 0.29) is 5.54 Å². The second kappa shape index (κ2) is 5.87.